The van der Waals surface area contributed by atoms with E-state index in [9.17, 15) is 19.8 Å². The highest BCUT2D eigenvalue weighted by Crippen LogP contribution is 2.44. The highest BCUT2D eigenvalue weighted by molar-refractivity contribution is 5.80. The summed E-state index contributed by atoms with van der Waals surface area (Å²) in [5.74, 6) is -1.99. The first kappa shape index (κ1) is 19.4. The number of carboxylic acid groups (broad SMARTS) is 1. The van der Waals surface area contributed by atoms with E-state index in [1.54, 1.807) is 0 Å². The first-order valence-electron chi connectivity index (χ1n) is 8.86. The predicted molar refractivity (Wildman–Crippen MR) is 99.8 cm³/mol. The van der Waals surface area contributed by atoms with Crippen molar-refractivity contribution in [3.63, 3.8) is 0 Å². The van der Waals surface area contributed by atoms with Gasteiger partial charge in [-0.15, -0.1) is 0 Å². The number of carbonyl (C=O) groups excluding carboxylic acids is 1. The molecule has 146 valence electrons. The first-order chi connectivity index (χ1) is 13.5. The van der Waals surface area contributed by atoms with Gasteiger partial charge in [-0.1, -0.05) is 48.5 Å². The van der Waals surface area contributed by atoms with E-state index in [2.05, 4.69) is 9.73 Å². The highest BCUT2D eigenvalue weighted by Gasteiger charge is 2.27. The molecule has 0 bridgehead atoms. The molecule has 0 aliphatic heterocycles. The van der Waals surface area contributed by atoms with Gasteiger partial charge in [0, 0.05) is 18.9 Å². The van der Waals surface area contributed by atoms with Gasteiger partial charge in [0.15, 0.2) is 0 Å². The van der Waals surface area contributed by atoms with E-state index in [4.69, 9.17) is 4.74 Å². The molecule has 0 unspecified atom stereocenters. The summed E-state index contributed by atoms with van der Waals surface area (Å²) >= 11 is 0. The van der Waals surface area contributed by atoms with Crippen molar-refractivity contribution < 1.29 is 29.3 Å². The van der Waals surface area contributed by atoms with E-state index in [1.807, 2.05) is 48.5 Å². The number of carboxylic acids is 1. The van der Waals surface area contributed by atoms with Crippen molar-refractivity contribution in [1.82, 2.24) is 0 Å². The van der Waals surface area contributed by atoms with Crippen LogP contribution in [0.15, 0.2) is 53.5 Å². The average molecular weight is 382 g/mol. The highest BCUT2D eigenvalue weighted by atomic mass is 16.6. The van der Waals surface area contributed by atoms with Crippen LogP contribution in [-0.4, -0.2) is 42.9 Å². The zero-order chi connectivity index (χ0) is 20.1. The molecule has 0 saturated heterocycles. The van der Waals surface area contributed by atoms with E-state index in [0.717, 1.165) is 22.3 Å². The molecule has 2 aromatic rings. The maximum absolute atomic E-state index is 12.1. The molecule has 0 aromatic heterocycles. The summed E-state index contributed by atoms with van der Waals surface area (Å²) < 4.78 is 9.75. The second-order valence-corrected chi connectivity index (χ2v) is 6.40. The molecule has 7 nitrogen and oxygen atoms in total. The van der Waals surface area contributed by atoms with Crippen LogP contribution in [0.3, 0.4) is 0 Å². The number of rotatable bonds is 7. The SMILES string of the molecule is COC(=O)CC[C@H](N=C([O-])OCC1c2ccccc2-c2ccccc21)C(=O)O. The van der Waals surface area contributed by atoms with Crippen molar-refractivity contribution in [2.45, 2.75) is 24.8 Å². The molecule has 3 rings (SSSR count). The number of aliphatic carboxylic acids is 1. The smallest absolute Gasteiger partial charge is 0.328 e. The van der Waals surface area contributed by atoms with Crippen molar-refractivity contribution in [1.29, 1.82) is 0 Å². The van der Waals surface area contributed by atoms with Gasteiger partial charge in [-0.2, -0.15) is 0 Å². The van der Waals surface area contributed by atoms with Crippen LogP contribution in [0.2, 0.25) is 0 Å². The number of methoxy groups -OCH3 is 1. The van der Waals surface area contributed by atoms with Gasteiger partial charge in [0.25, 0.3) is 0 Å². The second-order valence-electron chi connectivity index (χ2n) is 6.40. The fourth-order valence-electron chi connectivity index (χ4n) is 3.36. The van der Waals surface area contributed by atoms with Crippen molar-refractivity contribution >= 4 is 18.0 Å². The Bertz CT molecular complexity index is 862. The van der Waals surface area contributed by atoms with E-state index < -0.39 is 24.1 Å². The quantitative estimate of drug-likeness (QED) is 0.445. The maximum atomic E-state index is 12.1. The summed E-state index contributed by atoms with van der Waals surface area (Å²) in [6.07, 6.45) is -1.24. The van der Waals surface area contributed by atoms with Gasteiger partial charge in [0.1, 0.15) is 12.1 Å². The number of aliphatic imine (C=N–C) groups is 1. The van der Waals surface area contributed by atoms with Crippen LogP contribution in [0.25, 0.3) is 11.1 Å². The minimum absolute atomic E-state index is 0.0553. The predicted octanol–water partition coefficient (Wildman–Crippen LogP) is 1.94. The molecular formula is C21H20NO6-. The summed E-state index contributed by atoms with van der Waals surface area (Å²) in [6.45, 7) is 0.0553. The number of carbonyl (C=O) groups is 2. The third kappa shape index (κ3) is 4.14. The molecule has 1 atom stereocenters. The molecule has 0 heterocycles. The lowest BCUT2D eigenvalue weighted by molar-refractivity contribution is -0.251. The van der Waals surface area contributed by atoms with E-state index >= 15 is 0 Å². The van der Waals surface area contributed by atoms with Crippen LogP contribution < -0.4 is 5.11 Å². The van der Waals surface area contributed by atoms with Gasteiger partial charge in [-0.05, 0) is 28.7 Å². The Morgan fingerprint density at radius 3 is 2.21 bits per heavy atom. The van der Waals surface area contributed by atoms with Crippen molar-refractivity contribution in [2.75, 3.05) is 13.7 Å². The Kier molecular flexibility index (Phi) is 5.93. The number of hydrogen-bond donors (Lipinski definition) is 1. The number of esters is 1. The van der Waals surface area contributed by atoms with Crippen LogP contribution >= 0.6 is 0 Å². The summed E-state index contributed by atoms with van der Waals surface area (Å²) in [7, 11) is 1.21. The lowest BCUT2D eigenvalue weighted by Gasteiger charge is -2.21. The van der Waals surface area contributed by atoms with Gasteiger partial charge in [-0.3, -0.25) is 9.79 Å². The molecule has 28 heavy (non-hydrogen) atoms. The van der Waals surface area contributed by atoms with Crippen LogP contribution in [0.4, 0.5) is 0 Å². The van der Waals surface area contributed by atoms with Gasteiger partial charge in [0.05, 0.1) is 7.11 Å². The third-order valence-electron chi connectivity index (χ3n) is 4.73. The standard InChI is InChI=1S/C21H21NO6/c1-27-19(23)11-10-18(20(24)25)22-21(26)28-12-17-15-8-4-2-6-13(15)14-7-3-5-9-16(14)17/h2-9,17-18H,10-12H2,1H3,(H,22,26)(H,24,25)/p-1/t18-/m0/s1. The Balaban J connectivity index is 1.71. The van der Waals surface area contributed by atoms with E-state index in [-0.39, 0.29) is 25.4 Å². The zero-order valence-electron chi connectivity index (χ0n) is 15.3. The summed E-state index contributed by atoms with van der Waals surface area (Å²) in [5, 5.41) is 21.3. The van der Waals surface area contributed by atoms with Crippen LogP contribution in [-0.2, 0) is 19.1 Å². The molecule has 1 N–H and O–H groups in total. The Morgan fingerprint density at radius 1 is 1.11 bits per heavy atom. The van der Waals surface area contributed by atoms with Crippen LogP contribution in [0, 0.1) is 0 Å². The van der Waals surface area contributed by atoms with Gasteiger partial charge in [0.2, 0.25) is 0 Å². The van der Waals surface area contributed by atoms with Crippen molar-refractivity contribution in [3.05, 3.63) is 59.7 Å². The van der Waals surface area contributed by atoms with E-state index in [1.165, 1.54) is 7.11 Å². The van der Waals surface area contributed by atoms with Crippen molar-refractivity contribution in [2.24, 2.45) is 4.99 Å². The number of nitrogens with zero attached hydrogens (tertiary/aromatic N) is 1. The normalized spacial score (nSPS) is 14.1. The topological polar surface area (TPSA) is 108 Å². The Morgan fingerprint density at radius 2 is 1.68 bits per heavy atom. The molecule has 0 radical (unpaired) electrons. The average Bonchev–Trinajstić information content (AvgIpc) is 3.03. The van der Waals surface area contributed by atoms with Crippen LogP contribution in [0.1, 0.15) is 29.9 Å². The molecule has 1 aliphatic carbocycles. The lowest BCUT2D eigenvalue weighted by Crippen LogP contribution is -2.29. The lowest BCUT2D eigenvalue weighted by atomic mass is 9.98. The molecule has 2 aromatic carbocycles. The van der Waals surface area contributed by atoms with Gasteiger partial charge < -0.3 is 19.7 Å². The molecule has 1 aliphatic rings. The number of ether oxygens (including phenoxy) is 2. The molecule has 7 heteroatoms. The minimum atomic E-state index is -1.35. The molecule has 0 saturated carbocycles. The Labute approximate surface area is 162 Å². The number of fused-ring (bicyclic) bond motifs is 3. The van der Waals surface area contributed by atoms with Gasteiger partial charge in [-0.25, -0.2) is 4.79 Å². The number of benzene rings is 2. The molecule has 0 spiro atoms. The summed E-state index contributed by atoms with van der Waals surface area (Å²) in [6, 6.07) is 14.4. The molecule has 0 fully saturated rings. The zero-order valence-corrected chi connectivity index (χ0v) is 15.3. The van der Waals surface area contributed by atoms with Gasteiger partial charge >= 0.3 is 11.9 Å². The van der Waals surface area contributed by atoms with Crippen LogP contribution in [0.5, 0.6) is 0 Å². The monoisotopic (exact) mass is 382 g/mol. The maximum Gasteiger partial charge on any atom is 0.328 e. The van der Waals surface area contributed by atoms with E-state index in [0.29, 0.717) is 0 Å². The Hall–Kier alpha value is -3.35. The second kappa shape index (κ2) is 8.56. The summed E-state index contributed by atoms with van der Waals surface area (Å²) in [4.78, 5) is 26.0. The third-order valence-corrected chi connectivity index (χ3v) is 4.73. The largest absolute Gasteiger partial charge is 0.599 e. The van der Waals surface area contributed by atoms with Crippen molar-refractivity contribution in [3.8, 4) is 11.1 Å². The summed E-state index contributed by atoms with van der Waals surface area (Å²) in [5.41, 5.74) is 4.30. The minimum Gasteiger partial charge on any atom is -0.599 e. The fourth-order valence-corrected chi connectivity index (χ4v) is 3.36. The number of hydrogen-bond acceptors (Lipinski definition) is 6. The molecular weight excluding hydrogens is 362 g/mol. The molecule has 0 amide bonds. The fraction of sp³-hybridized carbons (Fsp3) is 0.286. The first-order valence-corrected chi connectivity index (χ1v) is 8.86.